The first-order valence-corrected chi connectivity index (χ1v) is 8.57. The number of amides is 4. The molecule has 158 valence electrons. The van der Waals surface area contributed by atoms with Crippen LogP contribution in [0.1, 0.15) is 19.3 Å². The van der Waals surface area contributed by atoms with Gasteiger partial charge < -0.3 is 37.6 Å². The fraction of sp³-hybridized carbons (Fsp3) is 0.571. The van der Waals surface area contributed by atoms with Crippen LogP contribution in [0.2, 0.25) is 0 Å². The van der Waals surface area contributed by atoms with Gasteiger partial charge >= 0.3 is 11.9 Å². The summed E-state index contributed by atoms with van der Waals surface area (Å²) in [5.41, 5.74) is 10.4. The number of nitrogens with one attached hydrogen (secondary N) is 3. The Balaban J connectivity index is 4.94. The molecule has 0 radical (unpaired) electrons. The molecule has 3 atom stereocenters. The molecule has 28 heavy (non-hydrogen) atoms. The van der Waals surface area contributed by atoms with Crippen LogP contribution in [-0.4, -0.2) is 76.2 Å². The maximum Gasteiger partial charge on any atom is 0.326 e. The van der Waals surface area contributed by atoms with Crippen molar-refractivity contribution in [2.75, 3.05) is 12.3 Å². The van der Waals surface area contributed by atoms with E-state index in [-0.39, 0.29) is 5.75 Å². The Morgan fingerprint density at radius 1 is 0.964 bits per heavy atom. The van der Waals surface area contributed by atoms with E-state index in [0.717, 1.165) is 0 Å². The molecule has 0 bridgehead atoms. The van der Waals surface area contributed by atoms with Crippen LogP contribution in [0.5, 0.6) is 0 Å². The molecule has 0 aromatic carbocycles. The summed E-state index contributed by atoms with van der Waals surface area (Å²) >= 11 is 3.82. The van der Waals surface area contributed by atoms with Crippen molar-refractivity contribution in [1.29, 1.82) is 0 Å². The molecule has 9 N–H and O–H groups in total. The molecule has 0 aliphatic carbocycles. The minimum absolute atomic E-state index is 0.0348. The summed E-state index contributed by atoms with van der Waals surface area (Å²) in [6, 6.07) is -4.03. The smallest absolute Gasteiger partial charge is 0.326 e. The molecule has 14 heteroatoms. The van der Waals surface area contributed by atoms with Crippen molar-refractivity contribution in [3.8, 4) is 0 Å². The number of hydrogen-bond acceptors (Lipinski definition) is 8. The molecule has 0 aliphatic heterocycles. The molecule has 3 unspecified atom stereocenters. The summed E-state index contributed by atoms with van der Waals surface area (Å²) in [7, 11) is 0. The zero-order valence-corrected chi connectivity index (χ0v) is 15.6. The van der Waals surface area contributed by atoms with E-state index < -0.39 is 79.5 Å². The largest absolute Gasteiger partial charge is 0.481 e. The summed E-state index contributed by atoms with van der Waals surface area (Å²) < 4.78 is 0. The van der Waals surface area contributed by atoms with E-state index >= 15 is 0 Å². The van der Waals surface area contributed by atoms with Gasteiger partial charge in [0.2, 0.25) is 23.6 Å². The molecule has 4 amide bonds. The van der Waals surface area contributed by atoms with E-state index in [1.54, 1.807) is 0 Å². The van der Waals surface area contributed by atoms with Gasteiger partial charge in [-0.25, -0.2) is 4.79 Å². The molecule has 13 nitrogen and oxygen atoms in total. The highest BCUT2D eigenvalue weighted by molar-refractivity contribution is 7.80. The third-order valence-corrected chi connectivity index (χ3v) is 3.67. The van der Waals surface area contributed by atoms with Crippen LogP contribution in [0, 0.1) is 0 Å². The van der Waals surface area contributed by atoms with Crippen LogP contribution in [0.15, 0.2) is 0 Å². The number of carbonyl (C=O) groups excluding carboxylic acids is 4. The van der Waals surface area contributed by atoms with E-state index in [0.29, 0.717) is 0 Å². The van der Waals surface area contributed by atoms with Crippen molar-refractivity contribution >= 4 is 48.2 Å². The number of rotatable bonds is 13. The van der Waals surface area contributed by atoms with E-state index in [2.05, 4.69) is 23.3 Å². The highest BCUT2D eigenvalue weighted by atomic mass is 32.1. The van der Waals surface area contributed by atoms with Gasteiger partial charge in [0, 0.05) is 12.2 Å². The van der Waals surface area contributed by atoms with Crippen molar-refractivity contribution in [3.63, 3.8) is 0 Å². The quantitative estimate of drug-likeness (QED) is 0.136. The molecular weight excluding hydrogens is 398 g/mol. The SMILES string of the molecule is NC(=O)CC(NC(=O)CNC(=O)C(N)CS)C(=O)NC(CCC(=O)O)C(=O)O. The zero-order valence-electron chi connectivity index (χ0n) is 14.7. The van der Waals surface area contributed by atoms with Crippen molar-refractivity contribution in [1.82, 2.24) is 16.0 Å². The predicted molar refractivity (Wildman–Crippen MR) is 97.0 cm³/mol. The van der Waals surface area contributed by atoms with Gasteiger partial charge in [-0.2, -0.15) is 12.6 Å². The Labute approximate surface area is 165 Å². The van der Waals surface area contributed by atoms with Crippen LogP contribution in [0.3, 0.4) is 0 Å². The number of primary amides is 1. The van der Waals surface area contributed by atoms with E-state index in [4.69, 9.17) is 21.7 Å². The molecule has 0 saturated carbocycles. The maximum atomic E-state index is 12.2. The Hall–Kier alpha value is -2.87. The second kappa shape index (κ2) is 12.5. The topological polar surface area (TPSA) is 231 Å². The number of carbonyl (C=O) groups is 6. The lowest BCUT2D eigenvalue weighted by Crippen LogP contribution is -2.54. The zero-order chi connectivity index (χ0) is 21.9. The summed E-state index contributed by atoms with van der Waals surface area (Å²) in [6.45, 7) is -0.565. The molecule has 0 saturated heterocycles. The van der Waals surface area contributed by atoms with Gasteiger partial charge in [0.25, 0.3) is 0 Å². The van der Waals surface area contributed by atoms with Crippen molar-refractivity contribution in [3.05, 3.63) is 0 Å². The van der Waals surface area contributed by atoms with Crippen LogP contribution >= 0.6 is 12.6 Å². The molecule has 0 aromatic heterocycles. The Kier molecular flexibility index (Phi) is 11.2. The minimum Gasteiger partial charge on any atom is -0.481 e. The number of aliphatic carboxylic acids is 2. The second-order valence-corrected chi connectivity index (χ2v) is 5.99. The summed E-state index contributed by atoms with van der Waals surface area (Å²) in [5, 5.41) is 24.0. The van der Waals surface area contributed by atoms with Crippen LogP contribution in [0.4, 0.5) is 0 Å². The Morgan fingerprint density at radius 3 is 2.04 bits per heavy atom. The lowest BCUT2D eigenvalue weighted by Gasteiger charge is -2.20. The number of thiol groups is 1. The first-order chi connectivity index (χ1) is 13.0. The monoisotopic (exact) mass is 421 g/mol. The number of nitrogens with two attached hydrogens (primary N) is 2. The summed E-state index contributed by atoms with van der Waals surface area (Å²) in [4.78, 5) is 68.4. The van der Waals surface area contributed by atoms with Crippen molar-refractivity contribution < 1.29 is 39.0 Å². The second-order valence-electron chi connectivity index (χ2n) is 5.63. The number of hydrogen-bond donors (Lipinski definition) is 8. The van der Waals surface area contributed by atoms with Gasteiger partial charge in [-0.15, -0.1) is 0 Å². The van der Waals surface area contributed by atoms with Gasteiger partial charge in [-0.3, -0.25) is 24.0 Å². The minimum atomic E-state index is -1.55. The number of carboxylic acids is 2. The standard InChI is InChI=1S/C14H23N5O8S/c15-6(5-28)12(24)17-4-10(21)18-8(3-9(16)20)13(25)19-7(14(26)27)1-2-11(22)23/h6-8,28H,1-5,15H2,(H2,16,20)(H,17,24)(H,18,21)(H,19,25)(H,22,23)(H,26,27). The molecule has 0 aromatic rings. The molecular formula is C14H23N5O8S. The summed E-state index contributed by atoms with van der Waals surface area (Å²) in [6.07, 6.45) is -1.58. The van der Waals surface area contributed by atoms with Gasteiger partial charge in [-0.05, 0) is 6.42 Å². The molecule has 0 rings (SSSR count). The predicted octanol–water partition coefficient (Wildman–Crippen LogP) is -3.85. The van der Waals surface area contributed by atoms with Gasteiger partial charge in [0.15, 0.2) is 0 Å². The fourth-order valence-corrected chi connectivity index (χ4v) is 2.00. The third kappa shape index (κ3) is 10.3. The van der Waals surface area contributed by atoms with Crippen LogP contribution < -0.4 is 27.4 Å². The molecule has 0 aliphatic rings. The lowest BCUT2D eigenvalue weighted by molar-refractivity contribution is -0.143. The third-order valence-electron chi connectivity index (χ3n) is 3.28. The van der Waals surface area contributed by atoms with Gasteiger partial charge in [0.1, 0.15) is 12.1 Å². The van der Waals surface area contributed by atoms with Crippen LogP contribution in [0.25, 0.3) is 0 Å². The Bertz CT molecular complexity index is 629. The van der Waals surface area contributed by atoms with Crippen molar-refractivity contribution in [2.45, 2.75) is 37.4 Å². The maximum absolute atomic E-state index is 12.2. The van der Waals surface area contributed by atoms with E-state index in [9.17, 15) is 28.8 Å². The van der Waals surface area contributed by atoms with Crippen LogP contribution in [-0.2, 0) is 28.8 Å². The van der Waals surface area contributed by atoms with Crippen molar-refractivity contribution in [2.24, 2.45) is 11.5 Å². The van der Waals surface area contributed by atoms with Gasteiger partial charge in [-0.1, -0.05) is 0 Å². The Morgan fingerprint density at radius 2 is 1.57 bits per heavy atom. The lowest BCUT2D eigenvalue weighted by atomic mass is 10.1. The van der Waals surface area contributed by atoms with E-state index in [1.165, 1.54) is 0 Å². The molecule has 0 spiro atoms. The highest BCUT2D eigenvalue weighted by Crippen LogP contribution is 2.01. The van der Waals surface area contributed by atoms with E-state index in [1.807, 2.05) is 5.32 Å². The normalized spacial score (nSPS) is 13.5. The van der Waals surface area contributed by atoms with Gasteiger partial charge in [0.05, 0.1) is 19.0 Å². The summed E-state index contributed by atoms with van der Waals surface area (Å²) in [5.74, 6) is -6.27. The average molecular weight is 421 g/mol. The molecule has 0 fully saturated rings. The molecule has 0 heterocycles. The average Bonchev–Trinajstić information content (AvgIpc) is 2.60. The highest BCUT2D eigenvalue weighted by Gasteiger charge is 2.28. The number of carboxylic acid groups (broad SMARTS) is 2. The first kappa shape index (κ1) is 25.1. The first-order valence-electron chi connectivity index (χ1n) is 7.94. The fourth-order valence-electron chi connectivity index (χ4n) is 1.83.